The molecule has 0 radical (unpaired) electrons. The number of aryl methyl sites for hydroxylation is 1. The van der Waals surface area contributed by atoms with Gasteiger partial charge in [0, 0.05) is 14.9 Å². The fraction of sp³-hybridized carbons (Fsp3) is 0.0952. The highest BCUT2D eigenvalue weighted by molar-refractivity contribution is 9.10. The summed E-state index contributed by atoms with van der Waals surface area (Å²) >= 11 is 11.0. The molecule has 1 aliphatic heterocycles. The molecule has 2 aromatic heterocycles. The van der Waals surface area contributed by atoms with Crippen molar-refractivity contribution in [3.8, 4) is 0 Å². The van der Waals surface area contributed by atoms with Gasteiger partial charge < -0.3 is 4.42 Å². The number of rotatable bonds is 2. The second-order valence-electron chi connectivity index (χ2n) is 6.72. The summed E-state index contributed by atoms with van der Waals surface area (Å²) in [6.45, 7) is 1.86. The maximum Gasteiger partial charge on any atom is 0.297 e. The minimum absolute atomic E-state index is 0.0441. The van der Waals surface area contributed by atoms with Gasteiger partial charge in [-0.25, -0.2) is 4.98 Å². The van der Waals surface area contributed by atoms with E-state index in [4.69, 9.17) is 16.0 Å². The number of thiazole rings is 1. The number of fused-ring (bicyclic) bond motifs is 2. The Balaban J connectivity index is 1.84. The largest absolute Gasteiger partial charge is 0.450 e. The van der Waals surface area contributed by atoms with Crippen molar-refractivity contribution < 1.29 is 9.21 Å². The van der Waals surface area contributed by atoms with Gasteiger partial charge in [-0.05, 0) is 42.8 Å². The van der Waals surface area contributed by atoms with Crippen LogP contribution in [0.25, 0.3) is 11.0 Å². The van der Waals surface area contributed by atoms with E-state index in [-0.39, 0.29) is 17.1 Å². The number of anilines is 1. The zero-order chi connectivity index (χ0) is 20.3. The van der Waals surface area contributed by atoms with Gasteiger partial charge >= 0.3 is 0 Å². The van der Waals surface area contributed by atoms with Crippen LogP contribution < -0.4 is 10.3 Å². The second-order valence-corrected chi connectivity index (χ2v) is 8.91. The molecular formula is C21H12BrClN2O3S. The first-order chi connectivity index (χ1) is 13.9. The normalized spacial score (nSPS) is 15.9. The van der Waals surface area contributed by atoms with Crippen LogP contribution in [0.1, 0.15) is 33.4 Å². The third-order valence-electron chi connectivity index (χ3n) is 4.81. The van der Waals surface area contributed by atoms with Crippen molar-refractivity contribution in [2.24, 2.45) is 0 Å². The van der Waals surface area contributed by atoms with Crippen LogP contribution in [0, 0.1) is 6.92 Å². The molecule has 0 saturated carbocycles. The van der Waals surface area contributed by atoms with E-state index in [0.717, 1.165) is 15.7 Å². The zero-order valence-corrected chi connectivity index (χ0v) is 18.1. The molecule has 0 N–H and O–H groups in total. The molecule has 3 heterocycles. The van der Waals surface area contributed by atoms with Crippen molar-refractivity contribution in [3.63, 3.8) is 0 Å². The summed E-state index contributed by atoms with van der Waals surface area (Å²) < 4.78 is 6.68. The van der Waals surface area contributed by atoms with E-state index < -0.39 is 6.04 Å². The lowest BCUT2D eigenvalue weighted by molar-refractivity contribution is 0.0971. The highest BCUT2D eigenvalue weighted by atomic mass is 79.9. The van der Waals surface area contributed by atoms with Crippen molar-refractivity contribution >= 4 is 60.9 Å². The van der Waals surface area contributed by atoms with E-state index in [1.54, 1.807) is 36.4 Å². The smallest absolute Gasteiger partial charge is 0.297 e. The number of carbonyl (C=O) groups is 1. The van der Waals surface area contributed by atoms with Crippen LogP contribution in [0.4, 0.5) is 5.13 Å². The Labute approximate surface area is 182 Å². The van der Waals surface area contributed by atoms with Crippen molar-refractivity contribution in [2.45, 2.75) is 13.0 Å². The first kappa shape index (κ1) is 18.5. The molecule has 5 nitrogen and oxygen atoms in total. The Kier molecular flexibility index (Phi) is 4.34. The van der Waals surface area contributed by atoms with E-state index in [1.165, 1.54) is 16.2 Å². The van der Waals surface area contributed by atoms with Crippen LogP contribution in [0.5, 0.6) is 0 Å². The monoisotopic (exact) mass is 486 g/mol. The molecule has 1 atom stereocenters. The lowest BCUT2D eigenvalue weighted by Crippen LogP contribution is -2.29. The summed E-state index contributed by atoms with van der Waals surface area (Å²) in [7, 11) is 0. The predicted octanol–water partition coefficient (Wildman–Crippen LogP) is 5.72. The van der Waals surface area contributed by atoms with Crippen LogP contribution in [-0.4, -0.2) is 10.9 Å². The first-order valence-corrected chi connectivity index (χ1v) is 10.8. The van der Waals surface area contributed by atoms with Gasteiger partial charge in [-0.15, -0.1) is 11.3 Å². The van der Waals surface area contributed by atoms with Crippen LogP contribution in [0.2, 0.25) is 5.02 Å². The van der Waals surface area contributed by atoms with Crippen molar-refractivity contribution in [1.29, 1.82) is 0 Å². The summed E-state index contributed by atoms with van der Waals surface area (Å²) in [4.78, 5) is 32.8. The SMILES string of the molecule is Cc1csc(N2C(=O)c3oc4ccc(Br)cc4c(=O)c3C2c2cccc(Cl)c2)n1. The fourth-order valence-electron chi connectivity index (χ4n) is 3.59. The van der Waals surface area contributed by atoms with Crippen LogP contribution in [0.15, 0.2) is 61.5 Å². The fourth-order valence-corrected chi connectivity index (χ4v) is 4.97. The predicted molar refractivity (Wildman–Crippen MR) is 117 cm³/mol. The lowest BCUT2D eigenvalue weighted by atomic mass is 9.99. The molecule has 0 aliphatic carbocycles. The number of amides is 1. The van der Waals surface area contributed by atoms with E-state index in [9.17, 15) is 9.59 Å². The van der Waals surface area contributed by atoms with Crippen LogP contribution >= 0.6 is 38.9 Å². The molecule has 8 heteroatoms. The molecule has 1 aliphatic rings. The first-order valence-electron chi connectivity index (χ1n) is 8.71. The van der Waals surface area contributed by atoms with E-state index in [0.29, 0.717) is 26.7 Å². The van der Waals surface area contributed by atoms with Gasteiger partial charge in [-0.3, -0.25) is 14.5 Å². The van der Waals surface area contributed by atoms with E-state index >= 15 is 0 Å². The molecule has 5 rings (SSSR count). The summed E-state index contributed by atoms with van der Waals surface area (Å²) in [6.07, 6.45) is 0. The summed E-state index contributed by atoms with van der Waals surface area (Å²) in [5.74, 6) is -0.344. The Bertz CT molecular complexity index is 1360. The van der Waals surface area contributed by atoms with Crippen LogP contribution in [0.3, 0.4) is 0 Å². The van der Waals surface area contributed by atoms with Gasteiger partial charge in [0.25, 0.3) is 5.91 Å². The molecule has 2 aromatic carbocycles. The number of halogens is 2. The number of hydrogen-bond acceptors (Lipinski definition) is 5. The summed E-state index contributed by atoms with van der Waals surface area (Å²) in [5, 5.41) is 3.30. The Morgan fingerprint density at radius 1 is 1.21 bits per heavy atom. The van der Waals surface area contributed by atoms with Gasteiger partial charge in [0.05, 0.1) is 22.7 Å². The van der Waals surface area contributed by atoms with Crippen molar-refractivity contribution in [2.75, 3.05) is 4.90 Å². The molecule has 144 valence electrons. The zero-order valence-electron chi connectivity index (χ0n) is 15.0. The minimum Gasteiger partial charge on any atom is -0.450 e. The molecule has 1 amide bonds. The third kappa shape index (κ3) is 2.92. The Morgan fingerprint density at radius 3 is 2.76 bits per heavy atom. The molecule has 0 fully saturated rings. The highest BCUT2D eigenvalue weighted by Gasteiger charge is 2.44. The quantitative estimate of drug-likeness (QED) is 0.362. The summed E-state index contributed by atoms with van der Waals surface area (Å²) in [6, 6.07) is 11.6. The van der Waals surface area contributed by atoms with Gasteiger partial charge in [-0.2, -0.15) is 0 Å². The maximum atomic E-state index is 13.5. The molecule has 4 aromatic rings. The van der Waals surface area contributed by atoms with Gasteiger partial charge in [0.1, 0.15) is 5.58 Å². The molecular weight excluding hydrogens is 476 g/mol. The maximum absolute atomic E-state index is 13.5. The average Bonchev–Trinajstić information content (AvgIpc) is 3.24. The van der Waals surface area contributed by atoms with Gasteiger partial charge in [0.15, 0.2) is 10.6 Å². The minimum atomic E-state index is -0.665. The molecule has 29 heavy (non-hydrogen) atoms. The standard InChI is InChI=1S/C21H12BrClN2O3S/c1-10-9-29-21(24-10)25-17(11-3-2-4-13(23)7-11)16-18(26)14-8-12(22)5-6-15(14)28-19(16)20(25)27/h2-9,17H,1H3. The Morgan fingerprint density at radius 2 is 2.03 bits per heavy atom. The highest BCUT2D eigenvalue weighted by Crippen LogP contribution is 2.42. The molecule has 0 saturated heterocycles. The van der Waals surface area contributed by atoms with Gasteiger partial charge in [0.2, 0.25) is 5.76 Å². The molecule has 0 bridgehead atoms. The molecule has 0 spiro atoms. The second kappa shape index (κ2) is 6.79. The average molecular weight is 488 g/mol. The number of aromatic nitrogens is 1. The number of nitrogens with zero attached hydrogens (tertiary/aromatic N) is 2. The van der Waals surface area contributed by atoms with Crippen molar-refractivity contribution in [3.05, 3.63) is 90.1 Å². The van der Waals surface area contributed by atoms with E-state index in [1.807, 2.05) is 18.4 Å². The Hall–Kier alpha value is -2.48. The number of benzene rings is 2. The molecule has 1 unspecified atom stereocenters. The topological polar surface area (TPSA) is 63.4 Å². The third-order valence-corrected chi connectivity index (χ3v) is 6.50. The van der Waals surface area contributed by atoms with Gasteiger partial charge in [-0.1, -0.05) is 39.7 Å². The van der Waals surface area contributed by atoms with Crippen molar-refractivity contribution in [1.82, 2.24) is 4.98 Å². The lowest BCUT2D eigenvalue weighted by Gasteiger charge is -2.22. The van der Waals surface area contributed by atoms with E-state index in [2.05, 4.69) is 20.9 Å². The number of carbonyl (C=O) groups excluding carboxylic acids is 1. The van der Waals surface area contributed by atoms with Crippen LogP contribution in [-0.2, 0) is 0 Å². The summed E-state index contributed by atoms with van der Waals surface area (Å²) in [5.41, 5.74) is 1.95. The number of hydrogen-bond donors (Lipinski definition) is 0.